The average Bonchev–Trinajstić information content (AvgIpc) is 2.45. The summed E-state index contributed by atoms with van der Waals surface area (Å²) in [6.07, 6.45) is 0.840. The molecule has 0 aliphatic carbocycles. The highest BCUT2D eigenvalue weighted by molar-refractivity contribution is 7.89. The number of nitrogens with zero attached hydrogens (tertiary/aromatic N) is 1. The molecule has 0 saturated carbocycles. The summed E-state index contributed by atoms with van der Waals surface area (Å²) in [4.78, 5) is 0.313. The highest BCUT2D eigenvalue weighted by Crippen LogP contribution is 2.25. The monoisotopic (exact) mass is 331 g/mol. The van der Waals surface area contributed by atoms with Gasteiger partial charge in [0, 0.05) is 19.0 Å². The van der Waals surface area contributed by atoms with E-state index in [0.29, 0.717) is 30.5 Å². The summed E-state index contributed by atoms with van der Waals surface area (Å²) < 4.78 is 32.6. The molecule has 0 aromatic heterocycles. The zero-order valence-electron chi connectivity index (χ0n) is 12.7. The molecule has 1 fully saturated rings. The van der Waals surface area contributed by atoms with Crippen molar-refractivity contribution in [2.24, 2.45) is 0 Å². The van der Waals surface area contributed by atoms with E-state index in [-0.39, 0.29) is 0 Å². The SMILES string of the molecule is CCc1ccc(S(=O)(=O)N2CCOC(C)(C)C2)cc1CCl. The van der Waals surface area contributed by atoms with Gasteiger partial charge in [-0.3, -0.25) is 0 Å². The zero-order chi connectivity index (χ0) is 15.7. The fourth-order valence-corrected chi connectivity index (χ4v) is 4.43. The van der Waals surface area contributed by atoms with E-state index in [2.05, 4.69) is 0 Å². The van der Waals surface area contributed by atoms with Crippen molar-refractivity contribution in [3.8, 4) is 0 Å². The molecule has 0 amide bonds. The van der Waals surface area contributed by atoms with Crippen molar-refractivity contribution in [2.75, 3.05) is 19.7 Å². The van der Waals surface area contributed by atoms with Crippen molar-refractivity contribution >= 4 is 21.6 Å². The van der Waals surface area contributed by atoms with Crippen molar-refractivity contribution in [2.45, 2.75) is 43.6 Å². The lowest BCUT2D eigenvalue weighted by Gasteiger charge is -2.37. The Morgan fingerprint density at radius 1 is 1.33 bits per heavy atom. The van der Waals surface area contributed by atoms with E-state index in [9.17, 15) is 8.42 Å². The average molecular weight is 332 g/mol. The fourth-order valence-electron chi connectivity index (χ4n) is 2.56. The van der Waals surface area contributed by atoms with Crippen LogP contribution in [0.15, 0.2) is 23.1 Å². The fraction of sp³-hybridized carbons (Fsp3) is 0.600. The van der Waals surface area contributed by atoms with Crippen LogP contribution < -0.4 is 0 Å². The number of benzene rings is 1. The minimum atomic E-state index is -3.50. The molecule has 0 unspecified atom stereocenters. The van der Waals surface area contributed by atoms with E-state index >= 15 is 0 Å². The first-order valence-corrected chi connectivity index (χ1v) is 9.09. The molecule has 0 N–H and O–H groups in total. The number of halogens is 1. The molecule has 1 aromatic rings. The van der Waals surface area contributed by atoms with E-state index in [0.717, 1.165) is 17.5 Å². The van der Waals surface area contributed by atoms with Crippen LogP contribution in [0.3, 0.4) is 0 Å². The Morgan fingerprint density at radius 3 is 2.62 bits per heavy atom. The summed E-state index contributed by atoms with van der Waals surface area (Å²) in [6.45, 7) is 7.00. The van der Waals surface area contributed by atoms with Gasteiger partial charge in [-0.1, -0.05) is 13.0 Å². The summed E-state index contributed by atoms with van der Waals surface area (Å²) in [5, 5.41) is 0. The number of ether oxygens (including phenoxy) is 1. The van der Waals surface area contributed by atoms with Gasteiger partial charge in [0.05, 0.1) is 17.1 Å². The number of sulfonamides is 1. The number of rotatable bonds is 4. The third-order valence-corrected chi connectivity index (χ3v) is 5.86. The summed E-state index contributed by atoms with van der Waals surface area (Å²) in [7, 11) is -3.50. The van der Waals surface area contributed by atoms with Crippen molar-refractivity contribution in [1.29, 1.82) is 0 Å². The van der Waals surface area contributed by atoms with Gasteiger partial charge in [0.2, 0.25) is 10.0 Å². The van der Waals surface area contributed by atoms with Gasteiger partial charge in [-0.15, -0.1) is 11.6 Å². The first-order chi connectivity index (χ1) is 9.80. The largest absolute Gasteiger partial charge is 0.373 e. The van der Waals surface area contributed by atoms with Crippen molar-refractivity contribution in [1.82, 2.24) is 4.31 Å². The third kappa shape index (κ3) is 3.59. The van der Waals surface area contributed by atoms with E-state index in [1.165, 1.54) is 4.31 Å². The highest BCUT2D eigenvalue weighted by atomic mass is 35.5. The predicted molar refractivity (Wildman–Crippen MR) is 84.2 cm³/mol. The molecule has 1 aliphatic heterocycles. The van der Waals surface area contributed by atoms with Crippen LogP contribution in [-0.2, 0) is 27.1 Å². The first-order valence-electron chi connectivity index (χ1n) is 7.12. The summed E-state index contributed by atoms with van der Waals surface area (Å²) in [6, 6.07) is 5.23. The molecule has 1 aliphatic rings. The van der Waals surface area contributed by atoms with Gasteiger partial charge in [0.1, 0.15) is 0 Å². The molecule has 1 aromatic carbocycles. The van der Waals surface area contributed by atoms with Crippen molar-refractivity contribution < 1.29 is 13.2 Å². The molecule has 0 spiro atoms. The molecular weight excluding hydrogens is 310 g/mol. The van der Waals surface area contributed by atoms with Gasteiger partial charge in [-0.25, -0.2) is 8.42 Å². The Kier molecular flexibility index (Phi) is 4.98. The number of morpholine rings is 1. The van der Waals surface area contributed by atoms with Crippen LogP contribution >= 0.6 is 11.6 Å². The Balaban J connectivity index is 2.35. The van der Waals surface area contributed by atoms with Crippen LogP contribution in [0.1, 0.15) is 31.9 Å². The molecule has 4 nitrogen and oxygen atoms in total. The topological polar surface area (TPSA) is 46.6 Å². The summed E-state index contributed by atoms with van der Waals surface area (Å²) >= 11 is 5.94. The molecule has 1 saturated heterocycles. The molecular formula is C15H22ClNO3S. The van der Waals surface area contributed by atoms with E-state index in [1.807, 2.05) is 26.8 Å². The Morgan fingerprint density at radius 2 is 2.05 bits per heavy atom. The van der Waals surface area contributed by atoms with Crippen LogP contribution in [0, 0.1) is 0 Å². The van der Waals surface area contributed by atoms with E-state index < -0.39 is 15.6 Å². The van der Waals surface area contributed by atoms with Crippen LogP contribution in [0.25, 0.3) is 0 Å². The molecule has 21 heavy (non-hydrogen) atoms. The second kappa shape index (κ2) is 6.24. The van der Waals surface area contributed by atoms with Gasteiger partial charge in [-0.2, -0.15) is 4.31 Å². The minimum Gasteiger partial charge on any atom is -0.373 e. The molecule has 0 atom stereocenters. The number of aryl methyl sites for hydroxylation is 1. The molecule has 2 rings (SSSR count). The standard InChI is InChI=1S/C15H22ClNO3S/c1-4-12-5-6-14(9-13(12)10-16)21(18,19)17-7-8-20-15(2,3)11-17/h5-6,9H,4,7-8,10-11H2,1-3H3. The molecule has 118 valence electrons. The minimum absolute atomic E-state index is 0.313. The molecule has 6 heteroatoms. The Hall–Kier alpha value is -0.620. The maximum Gasteiger partial charge on any atom is 0.243 e. The van der Waals surface area contributed by atoms with Gasteiger partial charge in [0.15, 0.2) is 0 Å². The van der Waals surface area contributed by atoms with Gasteiger partial charge in [0.25, 0.3) is 0 Å². The molecule has 0 radical (unpaired) electrons. The first kappa shape index (κ1) is 16.7. The maximum absolute atomic E-state index is 12.8. The van der Waals surface area contributed by atoms with Crippen molar-refractivity contribution in [3.63, 3.8) is 0 Å². The highest BCUT2D eigenvalue weighted by Gasteiger charge is 2.35. The van der Waals surface area contributed by atoms with Crippen LogP contribution in [0.4, 0.5) is 0 Å². The van der Waals surface area contributed by atoms with E-state index in [1.54, 1.807) is 12.1 Å². The second-order valence-corrected chi connectivity index (χ2v) is 8.07. The van der Waals surface area contributed by atoms with Crippen LogP contribution in [0.2, 0.25) is 0 Å². The van der Waals surface area contributed by atoms with E-state index in [4.69, 9.17) is 16.3 Å². The van der Waals surface area contributed by atoms with Crippen molar-refractivity contribution in [3.05, 3.63) is 29.3 Å². The quantitative estimate of drug-likeness (QED) is 0.797. The number of hydrogen-bond acceptors (Lipinski definition) is 3. The maximum atomic E-state index is 12.8. The lowest BCUT2D eigenvalue weighted by Crippen LogP contribution is -2.50. The van der Waals surface area contributed by atoms with Gasteiger partial charge >= 0.3 is 0 Å². The molecule has 1 heterocycles. The zero-order valence-corrected chi connectivity index (χ0v) is 14.3. The van der Waals surface area contributed by atoms with Crippen LogP contribution in [-0.4, -0.2) is 38.0 Å². The van der Waals surface area contributed by atoms with Crippen LogP contribution in [0.5, 0.6) is 0 Å². The normalized spacial score (nSPS) is 19.6. The third-order valence-electron chi connectivity index (χ3n) is 3.73. The molecule has 0 bridgehead atoms. The smallest absolute Gasteiger partial charge is 0.243 e. The predicted octanol–water partition coefficient (Wildman–Crippen LogP) is 2.79. The second-order valence-electron chi connectivity index (χ2n) is 5.86. The number of alkyl halides is 1. The summed E-state index contributed by atoms with van der Waals surface area (Å²) in [5.74, 6) is 0.321. The lowest BCUT2D eigenvalue weighted by molar-refractivity contribution is -0.0640. The Labute approximate surface area is 132 Å². The van der Waals surface area contributed by atoms with Gasteiger partial charge in [-0.05, 0) is 43.5 Å². The Bertz CT molecular complexity index is 613. The lowest BCUT2D eigenvalue weighted by atomic mass is 10.1. The number of hydrogen-bond donors (Lipinski definition) is 0. The summed E-state index contributed by atoms with van der Waals surface area (Å²) in [5.41, 5.74) is 1.52. The van der Waals surface area contributed by atoms with Gasteiger partial charge < -0.3 is 4.74 Å².